The van der Waals surface area contributed by atoms with Gasteiger partial charge in [-0.1, -0.05) is 0 Å². The highest BCUT2D eigenvalue weighted by molar-refractivity contribution is 4.50. The van der Waals surface area contributed by atoms with E-state index in [9.17, 15) is 4.91 Å². The van der Waals surface area contributed by atoms with E-state index in [4.69, 9.17) is 4.74 Å². The fourth-order valence-corrected chi connectivity index (χ4v) is 0.797. The van der Waals surface area contributed by atoms with Crippen LogP contribution in [-0.4, -0.2) is 24.9 Å². The van der Waals surface area contributed by atoms with E-state index in [2.05, 4.69) is 5.29 Å². The summed E-state index contributed by atoms with van der Waals surface area (Å²) < 4.78 is 5.03. The zero-order valence-corrected chi connectivity index (χ0v) is 5.25. The van der Waals surface area contributed by atoms with Crippen molar-refractivity contribution in [2.75, 3.05) is 19.9 Å². The van der Waals surface area contributed by atoms with Gasteiger partial charge in [-0.25, -0.2) is 5.01 Å². The van der Waals surface area contributed by atoms with Gasteiger partial charge in [0.25, 0.3) is 0 Å². The Kier molecular flexibility index (Phi) is 2.45. The first-order valence-electron chi connectivity index (χ1n) is 3.09. The fourth-order valence-electron chi connectivity index (χ4n) is 0.797. The van der Waals surface area contributed by atoms with Crippen LogP contribution in [0.15, 0.2) is 5.29 Å². The van der Waals surface area contributed by atoms with Crippen LogP contribution in [0, 0.1) is 4.91 Å². The minimum absolute atomic E-state index is 0.365. The van der Waals surface area contributed by atoms with Crippen molar-refractivity contribution in [3.8, 4) is 0 Å². The number of hydrogen-bond donors (Lipinski definition) is 0. The summed E-state index contributed by atoms with van der Waals surface area (Å²) >= 11 is 0. The normalized spacial score (nSPS) is 21.1. The minimum atomic E-state index is 0.365. The third-order valence-corrected chi connectivity index (χ3v) is 1.31. The van der Waals surface area contributed by atoms with Crippen molar-refractivity contribution in [2.24, 2.45) is 5.29 Å². The SMILES string of the molecule is O=NN1CCCCOC1. The van der Waals surface area contributed by atoms with Gasteiger partial charge in [-0.3, -0.25) is 0 Å². The van der Waals surface area contributed by atoms with Gasteiger partial charge in [0.05, 0.1) is 5.29 Å². The molecule has 0 aromatic carbocycles. The Morgan fingerprint density at radius 3 is 3.11 bits per heavy atom. The third-order valence-electron chi connectivity index (χ3n) is 1.31. The molecule has 1 fully saturated rings. The van der Waals surface area contributed by atoms with Crippen LogP contribution < -0.4 is 0 Å². The molecule has 52 valence electrons. The smallest absolute Gasteiger partial charge is 0.138 e. The topological polar surface area (TPSA) is 41.9 Å². The molecule has 0 radical (unpaired) electrons. The van der Waals surface area contributed by atoms with Gasteiger partial charge in [-0.15, -0.1) is 4.91 Å². The number of nitroso groups, excluding NO2 is 1. The lowest BCUT2D eigenvalue weighted by Gasteiger charge is -2.08. The Morgan fingerprint density at radius 2 is 2.33 bits per heavy atom. The van der Waals surface area contributed by atoms with Gasteiger partial charge in [0, 0.05) is 13.2 Å². The fraction of sp³-hybridized carbons (Fsp3) is 1.00. The first-order chi connectivity index (χ1) is 4.43. The summed E-state index contributed by atoms with van der Waals surface area (Å²) in [5.41, 5.74) is 0. The van der Waals surface area contributed by atoms with Gasteiger partial charge >= 0.3 is 0 Å². The van der Waals surface area contributed by atoms with E-state index < -0.39 is 0 Å². The largest absolute Gasteiger partial charge is 0.360 e. The van der Waals surface area contributed by atoms with Crippen LogP contribution >= 0.6 is 0 Å². The molecular weight excluding hydrogens is 120 g/mol. The Labute approximate surface area is 53.7 Å². The highest BCUT2D eigenvalue weighted by atomic mass is 16.5. The standard InChI is InChI=1S/C5H10N2O2/c8-6-7-3-1-2-4-9-5-7/h1-5H2. The van der Waals surface area contributed by atoms with Crippen molar-refractivity contribution in [3.05, 3.63) is 4.91 Å². The van der Waals surface area contributed by atoms with Crippen molar-refractivity contribution in [1.29, 1.82) is 0 Å². The van der Waals surface area contributed by atoms with E-state index in [1.807, 2.05) is 0 Å². The van der Waals surface area contributed by atoms with E-state index in [1.165, 1.54) is 5.01 Å². The monoisotopic (exact) mass is 130 g/mol. The second-order valence-electron chi connectivity index (χ2n) is 2.06. The second-order valence-corrected chi connectivity index (χ2v) is 2.06. The molecule has 1 saturated heterocycles. The lowest BCUT2D eigenvalue weighted by atomic mass is 10.3. The molecule has 0 amide bonds. The molecule has 4 heteroatoms. The van der Waals surface area contributed by atoms with Crippen LogP contribution in [0.2, 0.25) is 0 Å². The average molecular weight is 130 g/mol. The highest BCUT2D eigenvalue weighted by Gasteiger charge is 2.05. The average Bonchev–Trinajstić information content (AvgIpc) is 2.13. The van der Waals surface area contributed by atoms with Gasteiger partial charge in [-0.2, -0.15) is 0 Å². The van der Waals surface area contributed by atoms with Gasteiger partial charge < -0.3 is 4.74 Å². The van der Waals surface area contributed by atoms with Crippen LogP contribution in [0.1, 0.15) is 12.8 Å². The molecule has 4 nitrogen and oxygen atoms in total. The van der Waals surface area contributed by atoms with Gasteiger partial charge in [0.2, 0.25) is 0 Å². The van der Waals surface area contributed by atoms with Gasteiger partial charge in [-0.05, 0) is 12.8 Å². The molecule has 0 saturated carbocycles. The Hall–Kier alpha value is -0.640. The van der Waals surface area contributed by atoms with E-state index in [0.29, 0.717) is 6.73 Å². The quantitative estimate of drug-likeness (QED) is 0.491. The molecule has 0 aliphatic carbocycles. The summed E-state index contributed by atoms with van der Waals surface area (Å²) in [5.74, 6) is 0. The lowest BCUT2D eigenvalue weighted by molar-refractivity contribution is 0.0505. The number of hydrogen-bond acceptors (Lipinski definition) is 3. The molecule has 1 rings (SSSR count). The molecule has 0 N–H and O–H groups in total. The van der Waals surface area contributed by atoms with Gasteiger partial charge in [0.15, 0.2) is 0 Å². The van der Waals surface area contributed by atoms with Crippen LogP contribution in [0.3, 0.4) is 0 Å². The molecular formula is C5H10N2O2. The molecule has 0 spiro atoms. The van der Waals surface area contributed by atoms with Crippen molar-refractivity contribution in [1.82, 2.24) is 5.01 Å². The van der Waals surface area contributed by atoms with Crippen LogP contribution in [0.25, 0.3) is 0 Å². The summed E-state index contributed by atoms with van der Waals surface area (Å²) in [6.07, 6.45) is 2.04. The Bertz CT molecular complexity index is 89.0. The number of rotatable bonds is 1. The summed E-state index contributed by atoms with van der Waals surface area (Å²) in [6.45, 7) is 1.86. The maximum absolute atomic E-state index is 9.91. The van der Waals surface area contributed by atoms with E-state index >= 15 is 0 Å². The lowest BCUT2D eigenvalue weighted by Crippen LogP contribution is -2.18. The summed E-state index contributed by atoms with van der Waals surface area (Å²) in [4.78, 5) is 9.91. The van der Waals surface area contributed by atoms with Crippen LogP contribution in [0.5, 0.6) is 0 Å². The Balaban J connectivity index is 2.26. The molecule has 1 aliphatic rings. The first kappa shape index (κ1) is 6.48. The van der Waals surface area contributed by atoms with E-state index in [0.717, 1.165) is 26.0 Å². The predicted molar refractivity (Wildman–Crippen MR) is 32.6 cm³/mol. The number of ether oxygens (including phenoxy) is 1. The molecule has 0 bridgehead atoms. The summed E-state index contributed by atoms with van der Waals surface area (Å²) in [6, 6.07) is 0. The highest BCUT2D eigenvalue weighted by Crippen LogP contribution is 2.01. The van der Waals surface area contributed by atoms with E-state index in [1.54, 1.807) is 0 Å². The third kappa shape index (κ3) is 1.97. The summed E-state index contributed by atoms with van der Waals surface area (Å²) in [7, 11) is 0. The van der Waals surface area contributed by atoms with Crippen LogP contribution in [-0.2, 0) is 4.74 Å². The summed E-state index contributed by atoms with van der Waals surface area (Å²) in [5, 5.41) is 4.16. The molecule has 9 heavy (non-hydrogen) atoms. The van der Waals surface area contributed by atoms with Gasteiger partial charge in [0.1, 0.15) is 6.73 Å². The maximum atomic E-state index is 9.91. The molecule has 0 aromatic heterocycles. The maximum Gasteiger partial charge on any atom is 0.138 e. The number of nitrogens with zero attached hydrogens (tertiary/aromatic N) is 2. The minimum Gasteiger partial charge on any atom is -0.360 e. The Morgan fingerprint density at radius 1 is 1.44 bits per heavy atom. The first-order valence-corrected chi connectivity index (χ1v) is 3.09. The van der Waals surface area contributed by atoms with Crippen molar-refractivity contribution >= 4 is 0 Å². The van der Waals surface area contributed by atoms with Crippen molar-refractivity contribution in [3.63, 3.8) is 0 Å². The molecule has 1 heterocycles. The van der Waals surface area contributed by atoms with E-state index in [-0.39, 0.29) is 0 Å². The predicted octanol–water partition coefficient (Wildman–Crippen LogP) is 0.738. The van der Waals surface area contributed by atoms with Crippen molar-refractivity contribution in [2.45, 2.75) is 12.8 Å². The molecule has 0 unspecified atom stereocenters. The zero-order chi connectivity index (χ0) is 6.53. The van der Waals surface area contributed by atoms with Crippen molar-refractivity contribution < 1.29 is 4.74 Å². The molecule has 0 atom stereocenters. The van der Waals surface area contributed by atoms with Crippen LogP contribution in [0.4, 0.5) is 0 Å². The molecule has 1 aliphatic heterocycles. The second kappa shape index (κ2) is 3.40. The molecule has 0 aromatic rings. The zero-order valence-electron chi connectivity index (χ0n) is 5.25.